The molecule has 3 N–H and O–H groups in total. The second-order valence-electron chi connectivity index (χ2n) is 5.61. The normalized spacial score (nSPS) is 11.6. The van der Waals surface area contributed by atoms with Crippen LogP contribution in [0, 0.1) is 6.92 Å². The number of anilines is 2. The largest absolute Gasteiger partial charge is 0.507 e. The Labute approximate surface area is 151 Å². The molecule has 0 atom stereocenters. The first kappa shape index (κ1) is 18.6. The number of aliphatic hydroxyl groups excluding tert-OH is 1. The maximum absolute atomic E-state index is 12.7. The van der Waals surface area contributed by atoms with Gasteiger partial charge in [-0.2, -0.15) is 18.3 Å². The molecule has 0 bridgehead atoms. The summed E-state index contributed by atoms with van der Waals surface area (Å²) in [7, 11) is 0. The van der Waals surface area contributed by atoms with Crippen LogP contribution in [0.1, 0.15) is 11.3 Å². The number of rotatable bonds is 5. The fourth-order valence-corrected chi connectivity index (χ4v) is 2.38. The molecule has 3 aromatic rings. The van der Waals surface area contributed by atoms with Gasteiger partial charge in [0.2, 0.25) is 5.95 Å². The highest BCUT2D eigenvalue weighted by Gasteiger charge is 2.31. The molecule has 27 heavy (non-hydrogen) atoms. The quantitative estimate of drug-likeness (QED) is 0.624. The smallest absolute Gasteiger partial charge is 0.416 e. The first-order chi connectivity index (χ1) is 12.8. The van der Waals surface area contributed by atoms with Gasteiger partial charge in [-0.15, -0.1) is 10.2 Å². The zero-order valence-electron chi connectivity index (χ0n) is 14.1. The number of halogens is 3. The second kappa shape index (κ2) is 7.19. The molecule has 2 heterocycles. The topological polar surface area (TPSA) is 109 Å². The van der Waals surface area contributed by atoms with Gasteiger partial charge in [0.05, 0.1) is 24.4 Å². The number of aryl methyl sites for hydroxylation is 1. The fourth-order valence-electron chi connectivity index (χ4n) is 2.38. The van der Waals surface area contributed by atoms with E-state index in [9.17, 15) is 18.3 Å². The van der Waals surface area contributed by atoms with Gasteiger partial charge in [-0.05, 0) is 25.1 Å². The number of phenols is 1. The number of hydrogen-bond acceptors (Lipinski definition) is 7. The predicted molar refractivity (Wildman–Crippen MR) is 89.3 cm³/mol. The SMILES string of the molecule is Cc1nc(Nc2ccn(CCO)n2)nnc1-c1ccc(C(F)(F)F)cc1O. The molecule has 0 aliphatic carbocycles. The van der Waals surface area contributed by atoms with Crippen molar-refractivity contribution in [1.29, 1.82) is 0 Å². The van der Waals surface area contributed by atoms with Gasteiger partial charge in [-0.3, -0.25) is 4.68 Å². The van der Waals surface area contributed by atoms with Gasteiger partial charge < -0.3 is 15.5 Å². The molecular weight excluding hydrogens is 365 g/mol. The summed E-state index contributed by atoms with van der Waals surface area (Å²) in [5, 5.41) is 33.6. The lowest BCUT2D eigenvalue weighted by atomic mass is 10.1. The first-order valence-electron chi connectivity index (χ1n) is 7.81. The molecule has 0 fully saturated rings. The number of nitrogens with one attached hydrogen (secondary N) is 1. The van der Waals surface area contributed by atoms with Crippen molar-refractivity contribution < 1.29 is 23.4 Å². The Morgan fingerprint density at radius 1 is 1.19 bits per heavy atom. The van der Waals surface area contributed by atoms with Gasteiger partial charge in [-0.25, -0.2) is 4.98 Å². The summed E-state index contributed by atoms with van der Waals surface area (Å²) in [6, 6.07) is 4.27. The van der Waals surface area contributed by atoms with Crippen molar-refractivity contribution in [2.45, 2.75) is 19.6 Å². The van der Waals surface area contributed by atoms with Crippen molar-refractivity contribution in [3.8, 4) is 17.0 Å². The van der Waals surface area contributed by atoms with E-state index in [4.69, 9.17) is 5.11 Å². The van der Waals surface area contributed by atoms with Crippen molar-refractivity contribution >= 4 is 11.8 Å². The summed E-state index contributed by atoms with van der Waals surface area (Å²) >= 11 is 0. The van der Waals surface area contributed by atoms with Crippen LogP contribution in [0.5, 0.6) is 5.75 Å². The third-order valence-electron chi connectivity index (χ3n) is 3.65. The average molecular weight is 380 g/mol. The molecule has 0 radical (unpaired) electrons. The van der Waals surface area contributed by atoms with E-state index in [1.165, 1.54) is 4.68 Å². The van der Waals surface area contributed by atoms with Gasteiger partial charge in [0.1, 0.15) is 11.4 Å². The number of alkyl halides is 3. The number of hydrogen-bond donors (Lipinski definition) is 3. The van der Waals surface area contributed by atoms with E-state index in [1.54, 1.807) is 19.2 Å². The lowest BCUT2D eigenvalue weighted by Crippen LogP contribution is -2.06. The summed E-state index contributed by atoms with van der Waals surface area (Å²) in [5.41, 5.74) is -0.340. The average Bonchev–Trinajstić information content (AvgIpc) is 3.02. The van der Waals surface area contributed by atoms with Gasteiger partial charge >= 0.3 is 6.18 Å². The molecule has 11 heteroatoms. The van der Waals surface area contributed by atoms with Gasteiger partial charge in [0.15, 0.2) is 5.82 Å². The van der Waals surface area contributed by atoms with Crippen LogP contribution in [0.15, 0.2) is 30.5 Å². The Hall–Kier alpha value is -3.21. The summed E-state index contributed by atoms with van der Waals surface area (Å²) in [6.45, 7) is 1.88. The Bertz CT molecular complexity index is 958. The monoisotopic (exact) mass is 380 g/mol. The minimum Gasteiger partial charge on any atom is -0.507 e. The molecule has 0 spiro atoms. The molecule has 8 nitrogen and oxygen atoms in total. The van der Waals surface area contributed by atoms with Gasteiger partial charge in [0, 0.05) is 17.8 Å². The molecule has 1 aromatic carbocycles. The summed E-state index contributed by atoms with van der Waals surface area (Å²) < 4.78 is 39.7. The summed E-state index contributed by atoms with van der Waals surface area (Å²) in [5.74, 6) is 0.0131. The number of benzene rings is 1. The number of phenolic OH excluding ortho intramolecular Hbond substituents is 1. The second-order valence-corrected chi connectivity index (χ2v) is 5.61. The van der Waals surface area contributed by atoms with Crippen LogP contribution >= 0.6 is 0 Å². The van der Waals surface area contributed by atoms with Crippen LogP contribution in [0.3, 0.4) is 0 Å². The Morgan fingerprint density at radius 2 is 1.96 bits per heavy atom. The summed E-state index contributed by atoms with van der Waals surface area (Å²) in [4.78, 5) is 4.20. The highest BCUT2D eigenvalue weighted by atomic mass is 19.4. The third-order valence-corrected chi connectivity index (χ3v) is 3.65. The van der Waals surface area contributed by atoms with Crippen LogP contribution in [0.4, 0.5) is 24.9 Å². The molecule has 0 unspecified atom stereocenters. The Balaban J connectivity index is 1.84. The molecular formula is C16H15F3N6O2. The molecule has 0 aliphatic heterocycles. The molecule has 142 valence electrons. The minimum absolute atomic E-state index is 0.0520. The van der Waals surface area contributed by atoms with Crippen molar-refractivity contribution in [3.63, 3.8) is 0 Å². The molecule has 0 saturated heterocycles. The van der Waals surface area contributed by atoms with E-state index in [0.29, 0.717) is 24.1 Å². The zero-order chi connectivity index (χ0) is 19.6. The molecule has 3 rings (SSSR count). The van der Waals surface area contributed by atoms with Gasteiger partial charge in [0.25, 0.3) is 0 Å². The van der Waals surface area contributed by atoms with E-state index in [1.807, 2.05) is 0 Å². The molecule has 0 aliphatic rings. The summed E-state index contributed by atoms with van der Waals surface area (Å²) in [6.07, 6.45) is -2.89. The van der Waals surface area contributed by atoms with E-state index in [0.717, 1.165) is 12.1 Å². The van der Waals surface area contributed by atoms with Crippen molar-refractivity contribution in [2.24, 2.45) is 0 Å². The Morgan fingerprint density at radius 3 is 2.59 bits per heavy atom. The first-order valence-corrected chi connectivity index (χ1v) is 7.81. The van der Waals surface area contributed by atoms with E-state index < -0.39 is 17.5 Å². The van der Waals surface area contributed by atoms with Crippen LogP contribution in [0.2, 0.25) is 0 Å². The number of aliphatic hydroxyl groups is 1. The minimum atomic E-state index is -4.55. The third kappa shape index (κ3) is 4.14. The lowest BCUT2D eigenvalue weighted by Gasteiger charge is -2.11. The van der Waals surface area contributed by atoms with Gasteiger partial charge in [-0.1, -0.05) is 0 Å². The van der Waals surface area contributed by atoms with Crippen LogP contribution in [-0.2, 0) is 12.7 Å². The maximum Gasteiger partial charge on any atom is 0.416 e. The zero-order valence-corrected chi connectivity index (χ0v) is 14.1. The van der Waals surface area contributed by atoms with E-state index >= 15 is 0 Å². The number of aromatic hydroxyl groups is 1. The molecule has 0 saturated carbocycles. The molecule has 2 aromatic heterocycles. The van der Waals surface area contributed by atoms with Crippen molar-refractivity contribution in [3.05, 3.63) is 41.7 Å². The van der Waals surface area contributed by atoms with Crippen molar-refractivity contribution in [2.75, 3.05) is 11.9 Å². The van der Waals surface area contributed by atoms with E-state index in [2.05, 4.69) is 25.6 Å². The Kier molecular flexibility index (Phi) is 4.95. The van der Waals surface area contributed by atoms with E-state index in [-0.39, 0.29) is 23.8 Å². The van der Waals surface area contributed by atoms with Crippen LogP contribution in [-0.4, -0.2) is 41.8 Å². The lowest BCUT2D eigenvalue weighted by molar-refractivity contribution is -0.137. The van der Waals surface area contributed by atoms with Crippen LogP contribution in [0.25, 0.3) is 11.3 Å². The fraction of sp³-hybridized carbons (Fsp3) is 0.250. The standard InChI is InChI=1S/C16H15F3N6O2/c1-9-14(11-3-2-10(8-12(11)27)16(17,18)19)22-23-15(20-9)21-13-4-5-25(24-13)6-7-26/h2-5,8,26-27H,6-7H2,1H3,(H,20,21,23,24). The highest BCUT2D eigenvalue weighted by molar-refractivity contribution is 5.69. The number of nitrogens with zero attached hydrogens (tertiary/aromatic N) is 5. The maximum atomic E-state index is 12.7. The molecule has 0 amide bonds. The highest BCUT2D eigenvalue weighted by Crippen LogP contribution is 2.36. The predicted octanol–water partition coefficient (Wildman–Crippen LogP) is 2.50. The van der Waals surface area contributed by atoms with Crippen molar-refractivity contribution in [1.82, 2.24) is 25.0 Å². The van der Waals surface area contributed by atoms with Crippen LogP contribution < -0.4 is 5.32 Å². The number of aromatic nitrogens is 5.